The molecule has 1 fully saturated rings. The van der Waals surface area contributed by atoms with Gasteiger partial charge in [0.1, 0.15) is 0 Å². The van der Waals surface area contributed by atoms with Crippen molar-refractivity contribution in [1.29, 1.82) is 0 Å². The molecule has 44 heavy (non-hydrogen) atoms. The normalized spacial score (nSPS) is 14.9. The van der Waals surface area contributed by atoms with E-state index in [0.717, 1.165) is 60.3 Å². The molecule has 1 aliphatic heterocycles. The number of para-hydroxylation sites is 1. The van der Waals surface area contributed by atoms with E-state index in [1.807, 2.05) is 60.7 Å². The van der Waals surface area contributed by atoms with Gasteiger partial charge >= 0.3 is 0 Å². The quantitative estimate of drug-likeness (QED) is 0.185. The van der Waals surface area contributed by atoms with Gasteiger partial charge in [-0.3, -0.25) is 9.59 Å². The standard InChI is InChI=1S/C40H36N2O2/c43-38(36-17-9-16-35-34-15-8-7-12-31(34)27-37(35)36)26-28-18-20-33(21-19-28)42-24-22-30(23-25-42)39(29-10-3-1-4-11-29)40(44)41-32-13-5-2-6-14-32/h1-21,30,39H,22-27H2,(H,41,44). The van der Waals surface area contributed by atoms with Crippen molar-refractivity contribution in [2.24, 2.45) is 5.92 Å². The van der Waals surface area contributed by atoms with Gasteiger partial charge in [0, 0.05) is 36.4 Å². The van der Waals surface area contributed by atoms with E-state index in [-0.39, 0.29) is 23.5 Å². The molecule has 0 radical (unpaired) electrons. The summed E-state index contributed by atoms with van der Waals surface area (Å²) in [7, 11) is 0. The summed E-state index contributed by atoms with van der Waals surface area (Å²) in [5.74, 6) is 0.291. The van der Waals surface area contributed by atoms with Crippen LogP contribution >= 0.6 is 0 Å². The molecule has 1 N–H and O–H groups in total. The highest BCUT2D eigenvalue weighted by molar-refractivity contribution is 6.01. The van der Waals surface area contributed by atoms with Gasteiger partial charge in [-0.2, -0.15) is 0 Å². The van der Waals surface area contributed by atoms with Gasteiger partial charge in [0.25, 0.3) is 0 Å². The minimum atomic E-state index is -0.195. The molecule has 1 aliphatic carbocycles. The van der Waals surface area contributed by atoms with Crippen molar-refractivity contribution in [2.45, 2.75) is 31.6 Å². The molecule has 1 saturated heterocycles. The fraction of sp³-hybridized carbons (Fsp3) is 0.200. The molecule has 1 unspecified atom stereocenters. The van der Waals surface area contributed by atoms with Gasteiger partial charge in [-0.05, 0) is 82.8 Å². The molecular formula is C40H36N2O2. The van der Waals surface area contributed by atoms with Crippen LogP contribution in [-0.2, 0) is 17.6 Å². The molecule has 0 aromatic heterocycles. The summed E-state index contributed by atoms with van der Waals surface area (Å²) in [6.07, 6.45) is 3.08. The number of carbonyl (C=O) groups excluding carboxylic acids is 2. The van der Waals surface area contributed by atoms with Crippen LogP contribution in [0.4, 0.5) is 11.4 Å². The Bertz CT molecular complexity index is 1770. The average Bonchev–Trinajstić information content (AvgIpc) is 3.46. The number of hydrogen-bond donors (Lipinski definition) is 1. The number of nitrogens with one attached hydrogen (secondary N) is 1. The molecule has 7 rings (SSSR count). The van der Waals surface area contributed by atoms with E-state index in [9.17, 15) is 9.59 Å². The van der Waals surface area contributed by atoms with Gasteiger partial charge < -0.3 is 10.2 Å². The second-order valence-electron chi connectivity index (χ2n) is 12.0. The lowest BCUT2D eigenvalue weighted by atomic mass is 9.79. The number of amides is 1. The topological polar surface area (TPSA) is 49.4 Å². The Morgan fingerprint density at radius 3 is 2.11 bits per heavy atom. The molecule has 5 aromatic rings. The van der Waals surface area contributed by atoms with Gasteiger partial charge in [0.15, 0.2) is 5.78 Å². The first kappa shape index (κ1) is 27.8. The molecule has 0 saturated carbocycles. The molecule has 2 aliphatic rings. The van der Waals surface area contributed by atoms with Gasteiger partial charge in [0.2, 0.25) is 5.91 Å². The number of benzene rings is 5. The summed E-state index contributed by atoms with van der Waals surface area (Å²) < 4.78 is 0. The zero-order valence-electron chi connectivity index (χ0n) is 24.8. The van der Waals surface area contributed by atoms with Crippen LogP contribution in [0.2, 0.25) is 0 Å². The van der Waals surface area contributed by atoms with Crippen LogP contribution in [0.5, 0.6) is 0 Å². The lowest BCUT2D eigenvalue weighted by Crippen LogP contribution is -2.38. The van der Waals surface area contributed by atoms with Crippen LogP contribution in [0.25, 0.3) is 11.1 Å². The number of carbonyl (C=O) groups is 2. The molecule has 5 aromatic carbocycles. The molecule has 4 heteroatoms. The SMILES string of the molecule is O=C(Cc1ccc(N2CCC(C(C(=O)Nc3ccccc3)c3ccccc3)CC2)cc1)c1cccc2c1Cc1ccccc1-2. The van der Waals surface area contributed by atoms with Crippen molar-refractivity contribution in [3.8, 4) is 11.1 Å². The number of anilines is 2. The number of hydrogen-bond acceptors (Lipinski definition) is 3. The Morgan fingerprint density at radius 1 is 0.705 bits per heavy atom. The molecule has 218 valence electrons. The van der Waals surface area contributed by atoms with E-state index in [1.54, 1.807) is 0 Å². The number of Topliss-reactive ketones (excluding diaryl/α,β-unsaturated/α-hetero) is 1. The predicted octanol–water partition coefficient (Wildman–Crippen LogP) is 8.32. The molecule has 1 heterocycles. The van der Waals surface area contributed by atoms with Crippen LogP contribution in [0.1, 0.15) is 51.4 Å². The van der Waals surface area contributed by atoms with E-state index < -0.39 is 0 Å². The van der Waals surface area contributed by atoms with Crippen molar-refractivity contribution in [3.63, 3.8) is 0 Å². The number of piperidine rings is 1. The highest BCUT2D eigenvalue weighted by atomic mass is 16.2. The third-order valence-electron chi connectivity index (χ3n) is 9.31. The second kappa shape index (κ2) is 12.3. The minimum absolute atomic E-state index is 0.0582. The Morgan fingerprint density at radius 2 is 1.36 bits per heavy atom. The number of ketones is 1. The van der Waals surface area contributed by atoms with Gasteiger partial charge in [-0.15, -0.1) is 0 Å². The first-order valence-electron chi connectivity index (χ1n) is 15.6. The van der Waals surface area contributed by atoms with Gasteiger partial charge in [-0.25, -0.2) is 0 Å². The first-order valence-corrected chi connectivity index (χ1v) is 15.6. The average molecular weight is 577 g/mol. The molecule has 1 atom stereocenters. The van der Waals surface area contributed by atoms with Crippen molar-refractivity contribution < 1.29 is 9.59 Å². The second-order valence-corrected chi connectivity index (χ2v) is 12.0. The summed E-state index contributed by atoms with van der Waals surface area (Å²) in [5.41, 5.74) is 9.83. The zero-order chi connectivity index (χ0) is 29.9. The maximum atomic E-state index is 13.6. The van der Waals surface area contributed by atoms with Crippen molar-refractivity contribution in [3.05, 3.63) is 155 Å². The van der Waals surface area contributed by atoms with Crippen molar-refractivity contribution >= 4 is 23.1 Å². The summed E-state index contributed by atoms with van der Waals surface area (Å²) in [6.45, 7) is 1.78. The van der Waals surface area contributed by atoms with E-state index in [2.05, 4.69) is 76.9 Å². The van der Waals surface area contributed by atoms with E-state index in [4.69, 9.17) is 0 Å². The Balaban J connectivity index is 1.00. The fourth-order valence-electron chi connectivity index (χ4n) is 7.05. The number of rotatable bonds is 8. The summed E-state index contributed by atoms with van der Waals surface area (Å²) >= 11 is 0. The van der Waals surface area contributed by atoms with E-state index >= 15 is 0 Å². The third kappa shape index (κ3) is 5.68. The summed E-state index contributed by atoms with van der Waals surface area (Å²) in [6, 6.07) is 42.9. The van der Waals surface area contributed by atoms with Crippen LogP contribution < -0.4 is 10.2 Å². The summed E-state index contributed by atoms with van der Waals surface area (Å²) in [5, 5.41) is 3.15. The van der Waals surface area contributed by atoms with Crippen LogP contribution in [0.15, 0.2) is 127 Å². The molecule has 4 nitrogen and oxygen atoms in total. The summed E-state index contributed by atoms with van der Waals surface area (Å²) in [4.78, 5) is 29.4. The first-order chi connectivity index (χ1) is 21.6. The largest absolute Gasteiger partial charge is 0.372 e. The minimum Gasteiger partial charge on any atom is -0.372 e. The number of nitrogens with zero attached hydrogens (tertiary/aromatic N) is 1. The van der Waals surface area contributed by atoms with Gasteiger partial charge in [-0.1, -0.05) is 103 Å². The predicted molar refractivity (Wildman–Crippen MR) is 178 cm³/mol. The molecule has 0 bridgehead atoms. The Labute approximate surface area is 259 Å². The monoisotopic (exact) mass is 576 g/mol. The van der Waals surface area contributed by atoms with Gasteiger partial charge in [0.05, 0.1) is 5.92 Å². The Kier molecular flexibility index (Phi) is 7.81. The van der Waals surface area contributed by atoms with Crippen molar-refractivity contribution in [2.75, 3.05) is 23.3 Å². The van der Waals surface area contributed by atoms with Crippen molar-refractivity contribution in [1.82, 2.24) is 0 Å². The molecule has 1 amide bonds. The van der Waals surface area contributed by atoms with Crippen LogP contribution in [0, 0.1) is 5.92 Å². The fourth-order valence-corrected chi connectivity index (χ4v) is 7.05. The third-order valence-corrected chi connectivity index (χ3v) is 9.31. The van der Waals surface area contributed by atoms with Crippen LogP contribution in [0.3, 0.4) is 0 Å². The lowest BCUT2D eigenvalue weighted by molar-refractivity contribution is -0.118. The smallest absolute Gasteiger partial charge is 0.232 e. The lowest BCUT2D eigenvalue weighted by Gasteiger charge is -2.37. The van der Waals surface area contributed by atoms with E-state index in [1.165, 1.54) is 22.4 Å². The maximum absolute atomic E-state index is 13.6. The molecular weight excluding hydrogens is 540 g/mol. The van der Waals surface area contributed by atoms with Crippen LogP contribution in [-0.4, -0.2) is 24.8 Å². The maximum Gasteiger partial charge on any atom is 0.232 e. The highest BCUT2D eigenvalue weighted by Gasteiger charge is 2.33. The Hall–Kier alpha value is -4.96. The number of fused-ring (bicyclic) bond motifs is 3. The zero-order valence-corrected chi connectivity index (χ0v) is 24.8. The highest BCUT2D eigenvalue weighted by Crippen LogP contribution is 2.39. The van der Waals surface area contributed by atoms with E-state index in [0.29, 0.717) is 6.42 Å². The molecule has 0 spiro atoms.